The Bertz CT molecular complexity index is 886. The largest absolute Gasteiger partial charge is 0.339 e. The third-order valence-electron chi connectivity index (χ3n) is 4.52. The first-order chi connectivity index (χ1) is 12.3. The van der Waals surface area contributed by atoms with Gasteiger partial charge >= 0.3 is 6.03 Å². The van der Waals surface area contributed by atoms with Crippen LogP contribution in [0.15, 0.2) is 28.8 Å². The molecule has 8 nitrogen and oxygen atoms in total. The smallest absolute Gasteiger partial charge is 0.319 e. The number of urea groups is 1. The van der Waals surface area contributed by atoms with Crippen LogP contribution < -0.4 is 10.6 Å². The zero-order valence-corrected chi connectivity index (χ0v) is 15.5. The predicted octanol–water partition coefficient (Wildman–Crippen LogP) is 2.52. The Morgan fingerprint density at radius 3 is 2.58 bits per heavy atom. The molecule has 1 aromatic heterocycles. The summed E-state index contributed by atoms with van der Waals surface area (Å²) < 4.78 is 28.1. The third-order valence-corrected chi connectivity index (χ3v) is 6.20. The molecule has 0 radical (unpaired) electrons. The first-order valence-electron chi connectivity index (χ1n) is 8.48. The molecule has 26 heavy (non-hydrogen) atoms. The van der Waals surface area contributed by atoms with Crippen LogP contribution in [0.2, 0.25) is 0 Å². The highest BCUT2D eigenvalue weighted by molar-refractivity contribution is 7.91. The number of carbonyl (C=O) groups excluding carboxylic acids is 1. The van der Waals surface area contributed by atoms with E-state index >= 15 is 0 Å². The molecule has 1 saturated carbocycles. The molecule has 0 unspecified atom stereocenters. The molecule has 1 fully saturated rings. The van der Waals surface area contributed by atoms with E-state index < -0.39 is 9.84 Å². The van der Waals surface area contributed by atoms with E-state index in [9.17, 15) is 13.2 Å². The minimum Gasteiger partial charge on any atom is -0.339 e. The molecule has 1 aliphatic rings. The van der Waals surface area contributed by atoms with Gasteiger partial charge in [0.05, 0.1) is 5.25 Å². The molecule has 1 aliphatic carbocycles. The van der Waals surface area contributed by atoms with Crippen molar-refractivity contribution in [3.8, 4) is 11.4 Å². The van der Waals surface area contributed by atoms with Gasteiger partial charge in [0.25, 0.3) is 0 Å². The molecule has 3 rings (SSSR count). The van der Waals surface area contributed by atoms with Gasteiger partial charge < -0.3 is 15.2 Å². The molecular weight excluding hydrogens is 356 g/mol. The Balaban J connectivity index is 1.56. The standard InChI is InChI=1S/C17H22N4O4S/c1-11-18-16(21-25-11)12-4-3-5-14(10-12)20-17(22)19-13-6-8-15(9-7-13)26(2,23)24/h3-5,10,13,15H,6-9H2,1-2H3,(H2,19,20,22). The molecule has 2 aromatic rings. The fraction of sp³-hybridized carbons (Fsp3) is 0.471. The van der Waals surface area contributed by atoms with Gasteiger partial charge in [-0.25, -0.2) is 13.2 Å². The Kier molecular flexibility index (Phi) is 5.26. The van der Waals surface area contributed by atoms with Crippen molar-refractivity contribution in [2.45, 2.75) is 43.9 Å². The van der Waals surface area contributed by atoms with Crippen LogP contribution in [-0.4, -0.2) is 42.1 Å². The van der Waals surface area contributed by atoms with E-state index in [1.807, 2.05) is 6.07 Å². The van der Waals surface area contributed by atoms with E-state index in [-0.39, 0.29) is 17.3 Å². The summed E-state index contributed by atoms with van der Waals surface area (Å²) in [6, 6.07) is 6.85. The predicted molar refractivity (Wildman–Crippen MR) is 97.5 cm³/mol. The van der Waals surface area contributed by atoms with Crippen LogP contribution in [0.5, 0.6) is 0 Å². The van der Waals surface area contributed by atoms with Crippen molar-refractivity contribution < 1.29 is 17.7 Å². The van der Waals surface area contributed by atoms with Crippen LogP contribution in [0, 0.1) is 6.92 Å². The summed E-state index contributed by atoms with van der Waals surface area (Å²) in [5, 5.41) is 9.27. The number of amides is 2. The highest BCUT2D eigenvalue weighted by atomic mass is 32.2. The number of hydrogen-bond donors (Lipinski definition) is 2. The first-order valence-corrected chi connectivity index (χ1v) is 10.4. The van der Waals surface area contributed by atoms with Crippen molar-refractivity contribution in [3.63, 3.8) is 0 Å². The zero-order chi connectivity index (χ0) is 18.7. The van der Waals surface area contributed by atoms with Crippen molar-refractivity contribution in [3.05, 3.63) is 30.2 Å². The van der Waals surface area contributed by atoms with Gasteiger partial charge in [-0.1, -0.05) is 17.3 Å². The van der Waals surface area contributed by atoms with E-state index in [1.165, 1.54) is 6.26 Å². The maximum atomic E-state index is 12.2. The molecule has 0 atom stereocenters. The van der Waals surface area contributed by atoms with E-state index in [1.54, 1.807) is 25.1 Å². The molecule has 9 heteroatoms. The molecule has 2 N–H and O–H groups in total. The Hall–Kier alpha value is -2.42. The van der Waals surface area contributed by atoms with Crippen LogP contribution in [0.3, 0.4) is 0 Å². The van der Waals surface area contributed by atoms with Crippen LogP contribution in [0.25, 0.3) is 11.4 Å². The van der Waals surface area contributed by atoms with E-state index in [4.69, 9.17) is 4.52 Å². The lowest BCUT2D eigenvalue weighted by Crippen LogP contribution is -2.42. The van der Waals surface area contributed by atoms with Gasteiger partial charge in [-0.3, -0.25) is 0 Å². The summed E-state index contributed by atoms with van der Waals surface area (Å²) in [7, 11) is -3.00. The average Bonchev–Trinajstić information content (AvgIpc) is 3.01. The summed E-state index contributed by atoms with van der Waals surface area (Å²) in [6.45, 7) is 1.71. The number of anilines is 1. The summed E-state index contributed by atoms with van der Waals surface area (Å²) >= 11 is 0. The fourth-order valence-electron chi connectivity index (χ4n) is 3.14. The molecule has 0 bridgehead atoms. The number of carbonyl (C=O) groups is 1. The Morgan fingerprint density at radius 2 is 1.96 bits per heavy atom. The lowest BCUT2D eigenvalue weighted by atomic mass is 9.95. The summed E-state index contributed by atoms with van der Waals surface area (Å²) in [6.07, 6.45) is 3.75. The highest BCUT2D eigenvalue weighted by Crippen LogP contribution is 2.24. The number of rotatable bonds is 4. The molecule has 1 aromatic carbocycles. The van der Waals surface area contributed by atoms with Crippen LogP contribution in [0.4, 0.5) is 10.5 Å². The Labute approximate surface area is 152 Å². The number of nitrogens with zero attached hydrogens (tertiary/aromatic N) is 2. The summed E-state index contributed by atoms with van der Waals surface area (Å²) in [5.74, 6) is 0.937. The fourth-order valence-corrected chi connectivity index (χ4v) is 4.27. The number of nitrogens with one attached hydrogen (secondary N) is 2. The Morgan fingerprint density at radius 1 is 1.23 bits per heavy atom. The van der Waals surface area contributed by atoms with Crippen molar-refractivity contribution in [2.24, 2.45) is 0 Å². The minimum atomic E-state index is -3.00. The third kappa shape index (κ3) is 4.60. The lowest BCUT2D eigenvalue weighted by Gasteiger charge is -2.28. The number of hydrogen-bond acceptors (Lipinski definition) is 6. The monoisotopic (exact) mass is 378 g/mol. The van der Waals surface area contributed by atoms with Crippen LogP contribution >= 0.6 is 0 Å². The summed E-state index contributed by atoms with van der Waals surface area (Å²) in [5.41, 5.74) is 1.36. The topological polar surface area (TPSA) is 114 Å². The SMILES string of the molecule is Cc1nc(-c2cccc(NC(=O)NC3CCC(S(C)(=O)=O)CC3)c2)no1. The maximum absolute atomic E-state index is 12.2. The van der Waals surface area contributed by atoms with Gasteiger partial charge in [0.15, 0.2) is 0 Å². The zero-order valence-electron chi connectivity index (χ0n) is 14.7. The van der Waals surface area contributed by atoms with E-state index in [0.717, 1.165) is 5.56 Å². The van der Waals surface area contributed by atoms with Crippen LogP contribution in [-0.2, 0) is 9.84 Å². The van der Waals surface area contributed by atoms with Crippen molar-refractivity contribution in [1.29, 1.82) is 0 Å². The van der Waals surface area contributed by atoms with Gasteiger partial charge in [-0.15, -0.1) is 0 Å². The molecule has 2 amide bonds. The van der Waals surface area contributed by atoms with Gasteiger partial charge in [0.2, 0.25) is 11.7 Å². The average molecular weight is 378 g/mol. The van der Waals surface area contributed by atoms with Gasteiger partial charge in [-0.05, 0) is 37.8 Å². The van der Waals surface area contributed by atoms with Crippen molar-refractivity contribution >= 4 is 21.6 Å². The second kappa shape index (κ2) is 7.45. The van der Waals surface area contributed by atoms with E-state index in [2.05, 4.69) is 20.8 Å². The molecule has 0 saturated heterocycles. The minimum absolute atomic E-state index is 0.0176. The molecule has 1 heterocycles. The van der Waals surface area contributed by atoms with Crippen LogP contribution in [0.1, 0.15) is 31.6 Å². The first kappa shape index (κ1) is 18.4. The highest BCUT2D eigenvalue weighted by Gasteiger charge is 2.28. The number of benzene rings is 1. The van der Waals surface area contributed by atoms with Gasteiger partial charge in [0.1, 0.15) is 9.84 Å². The molecule has 0 aliphatic heterocycles. The van der Waals surface area contributed by atoms with E-state index in [0.29, 0.717) is 43.1 Å². The van der Waals surface area contributed by atoms with Gasteiger partial charge in [0, 0.05) is 30.5 Å². The molecule has 0 spiro atoms. The van der Waals surface area contributed by atoms with Crippen molar-refractivity contribution in [2.75, 3.05) is 11.6 Å². The number of aryl methyl sites for hydroxylation is 1. The lowest BCUT2D eigenvalue weighted by molar-refractivity contribution is 0.244. The maximum Gasteiger partial charge on any atom is 0.319 e. The summed E-state index contributed by atoms with van der Waals surface area (Å²) in [4.78, 5) is 16.4. The van der Waals surface area contributed by atoms with Gasteiger partial charge in [-0.2, -0.15) is 4.98 Å². The quantitative estimate of drug-likeness (QED) is 0.845. The molecular formula is C17H22N4O4S. The second-order valence-corrected chi connectivity index (χ2v) is 8.95. The normalized spacial score (nSPS) is 20.5. The number of aromatic nitrogens is 2. The van der Waals surface area contributed by atoms with Crippen molar-refractivity contribution in [1.82, 2.24) is 15.5 Å². The second-order valence-electron chi connectivity index (χ2n) is 6.62. The number of sulfone groups is 1. The molecule has 140 valence electrons.